The zero-order valence-corrected chi connectivity index (χ0v) is 16.6. The third-order valence-electron chi connectivity index (χ3n) is 3.40. The average Bonchev–Trinajstić information content (AvgIpc) is 2.52. The first-order valence-electron chi connectivity index (χ1n) is 7.05. The number of carboxylic acid groups (broad SMARTS) is 2. The second-order valence-corrected chi connectivity index (χ2v) is 11.2. The molecule has 2 aromatic carbocycles. The predicted octanol–water partition coefficient (Wildman–Crippen LogP) is 2.98. The van der Waals surface area contributed by atoms with Gasteiger partial charge in [-0.1, -0.05) is 0 Å². The van der Waals surface area contributed by atoms with Crippen LogP contribution < -0.4 is 0 Å². The number of carboxylic acids is 2. The molecule has 2 rings (SSSR count). The van der Waals surface area contributed by atoms with Crippen LogP contribution in [0.15, 0.2) is 36.4 Å². The third kappa shape index (κ3) is 4.78. The summed E-state index contributed by atoms with van der Waals surface area (Å²) in [6, 6.07) is 8.60. The van der Waals surface area contributed by atoms with Gasteiger partial charge in [0.2, 0.25) is 0 Å². The van der Waals surface area contributed by atoms with Gasteiger partial charge in [-0.05, 0) is 0 Å². The van der Waals surface area contributed by atoms with Gasteiger partial charge in [0.15, 0.2) is 0 Å². The molecule has 26 heavy (non-hydrogen) atoms. The Labute approximate surface area is 157 Å². The Balaban J connectivity index is 2.66. The van der Waals surface area contributed by atoms with E-state index < -0.39 is 42.6 Å². The summed E-state index contributed by atoms with van der Waals surface area (Å²) in [4.78, 5) is 22.7. The summed E-state index contributed by atoms with van der Waals surface area (Å²) < 4.78 is 37.2. The molecule has 3 N–H and O–H groups in total. The number of hydrogen-bond acceptors (Lipinski definition) is 5. The number of aromatic carboxylic acids is 2. The Morgan fingerprint density at radius 3 is 1.58 bits per heavy atom. The van der Waals surface area contributed by atoms with E-state index in [4.69, 9.17) is 7.07 Å². The molecular formula is C16H15IO8S. The van der Waals surface area contributed by atoms with E-state index >= 15 is 0 Å². The maximum absolute atomic E-state index is 11.3. The molecular weight excluding hydrogens is 479 g/mol. The van der Waals surface area contributed by atoms with Crippen LogP contribution in [0, 0.1) is 21.0 Å². The van der Waals surface area contributed by atoms with Crippen LogP contribution in [-0.4, -0.2) is 35.1 Å². The molecule has 0 atom stereocenters. The molecule has 0 aliphatic carbocycles. The molecule has 0 unspecified atom stereocenters. The SMILES string of the molecule is Cc1ccc(I(OS(=O)(=O)O)c2ccc(C)c(C(=O)O)c2)cc1C(=O)O. The van der Waals surface area contributed by atoms with E-state index in [1.807, 2.05) is 0 Å². The normalized spacial score (nSPS) is 11.9. The number of hydrogen-bond donors (Lipinski definition) is 3. The molecule has 0 heterocycles. The second-order valence-electron chi connectivity index (χ2n) is 5.27. The van der Waals surface area contributed by atoms with E-state index in [0.717, 1.165) is 0 Å². The van der Waals surface area contributed by atoms with Gasteiger partial charge in [-0.25, -0.2) is 0 Å². The van der Waals surface area contributed by atoms with E-state index in [-0.39, 0.29) is 18.3 Å². The standard InChI is InChI=1S/C16H15IO8S/c1-9-3-5-11(7-13(9)15(18)19)17(25-26(22,23)24)12-6-4-10(2)14(8-12)16(20)21/h3-8H,1-2H3,(H,18,19)(H,20,21)(H,22,23,24). The molecule has 0 spiro atoms. The van der Waals surface area contributed by atoms with Crippen molar-refractivity contribution in [2.75, 3.05) is 0 Å². The van der Waals surface area contributed by atoms with E-state index in [1.54, 1.807) is 13.8 Å². The topological polar surface area (TPSA) is 138 Å². The van der Waals surface area contributed by atoms with Crippen molar-refractivity contribution in [2.24, 2.45) is 0 Å². The molecule has 0 saturated carbocycles. The minimum absolute atomic E-state index is 0.0330. The summed E-state index contributed by atoms with van der Waals surface area (Å²) in [7, 11) is -4.83. The van der Waals surface area contributed by atoms with Crippen molar-refractivity contribution < 1.29 is 35.3 Å². The van der Waals surface area contributed by atoms with Gasteiger partial charge in [-0.15, -0.1) is 0 Å². The molecule has 0 radical (unpaired) electrons. The molecule has 0 aliphatic rings. The molecule has 0 aromatic heterocycles. The summed E-state index contributed by atoms with van der Waals surface area (Å²) in [6.07, 6.45) is 0. The second kappa shape index (κ2) is 7.70. The van der Waals surface area contributed by atoms with Crippen molar-refractivity contribution >= 4 is 42.6 Å². The monoisotopic (exact) mass is 494 g/mol. The van der Waals surface area contributed by atoms with Crippen LogP contribution in [0.1, 0.15) is 31.8 Å². The summed E-state index contributed by atoms with van der Waals surface area (Å²) in [5.74, 6) is -2.38. The Kier molecular flexibility index (Phi) is 6.01. The molecule has 10 heteroatoms. The molecule has 0 amide bonds. The van der Waals surface area contributed by atoms with Gasteiger partial charge in [-0.2, -0.15) is 0 Å². The van der Waals surface area contributed by atoms with Gasteiger partial charge in [0.1, 0.15) is 0 Å². The fourth-order valence-corrected chi connectivity index (χ4v) is 7.98. The van der Waals surface area contributed by atoms with Gasteiger partial charge >= 0.3 is 157 Å². The Morgan fingerprint density at radius 1 is 0.885 bits per heavy atom. The van der Waals surface area contributed by atoms with Gasteiger partial charge in [0.25, 0.3) is 0 Å². The summed E-state index contributed by atoms with van der Waals surface area (Å²) in [5, 5.41) is 18.5. The van der Waals surface area contributed by atoms with Crippen molar-refractivity contribution in [1.82, 2.24) is 0 Å². The van der Waals surface area contributed by atoms with E-state index in [9.17, 15) is 28.2 Å². The molecule has 140 valence electrons. The van der Waals surface area contributed by atoms with Crippen LogP contribution in [0.3, 0.4) is 0 Å². The summed E-state index contributed by atoms with van der Waals surface area (Å²) in [5.41, 5.74) is 0.877. The predicted molar refractivity (Wildman–Crippen MR) is 100 cm³/mol. The van der Waals surface area contributed by atoms with Crippen LogP contribution >= 0.6 is 20.2 Å². The number of halogens is 1. The van der Waals surface area contributed by atoms with Crippen molar-refractivity contribution in [3.05, 3.63) is 65.8 Å². The van der Waals surface area contributed by atoms with E-state index in [2.05, 4.69) is 0 Å². The van der Waals surface area contributed by atoms with Crippen LogP contribution in [-0.2, 0) is 12.9 Å². The van der Waals surface area contributed by atoms with Gasteiger partial charge in [-0.3, -0.25) is 0 Å². The van der Waals surface area contributed by atoms with Gasteiger partial charge in [0, 0.05) is 0 Å². The Bertz CT molecular complexity index is 920. The van der Waals surface area contributed by atoms with Crippen molar-refractivity contribution in [2.45, 2.75) is 13.8 Å². The van der Waals surface area contributed by atoms with Gasteiger partial charge < -0.3 is 0 Å². The quantitative estimate of drug-likeness (QED) is 0.412. The average molecular weight is 494 g/mol. The fourth-order valence-electron chi connectivity index (χ4n) is 2.14. The molecule has 2 aromatic rings. The zero-order valence-electron chi connectivity index (χ0n) is 13.6. The maximum atomic E-state index is 11.3. The molecule has 8 nitrogen and oxygen atoms in total. The summed E-state index contributed by atoms with van der Waals surface area (Å²) >= 11 is -3.34. The van der Waals surface area contributed by atoms with Crippen LogP contribution in [0.2, 0.25) is 0 Å². The van der Waals surface area contributed by atoms with Crippen molar-refractivity contribution in [3.8, 4) is 0 Å². The fraction of sp³-hybridized carbons (Fsp3) is 0.125. The first kappa shape index (κ1) is 20.3. The molecule has 0 bridgehead atoms. The number of rotatable bonds is 6. The number of carbonyl (C=O) groups is 2. The zero-order chi connectivity index (χ0) is 19.6. The number of benzene rings is 2. The van der Waals surface area contributed by atoms with Crippen molar-refractivity contribution in [1.29, 1.82) is 0 Å². The molecule has 0 aliphatic heterocycles. The minimum atomic E-state index is -4.83. The Hall–Kier alpha value is -2.02. The summed E-state index contributed by atoms with van der Waals surface area (Å²) in [6.45, 7) is 3.17. The molecule has 0 fully saturated rings. The van der Waals surface area contributed by atoms with E-state index in [0.29, 0.717) is 11.1 Å². The van der Waals surface area contributed by atoms with E-state index in [1.165, 1.54) is 36.4 Å². The van der Waals surface area contributed by atoms with Crippen LogP contribution in [0.4, 0.5) is 0 Å². The van der Waals surface area contributed by atoms with Crippen LogP contribution in [0.25, 0.3) is 0 Å². The first-order chi connectivity index (χ1) is 12.0. The third-order valence-corrected chi connectivity index (χ3v) is 9.73. The van der Waals surface area contributed by atoms with Crippen LogP contribution in [0.5, 0.6) is 0 Å². The first-order valence-corrected chi connectivity index (χ1v) is 11.4. The van der Waals surface area contributed by atoms with Gasteiger partial charge in [0.05, 0.1) is 0 Å². The van der Waals surface area contributed by atoms with Crippen molar-refractivity contribution in [3.63, 3.8) is 0 Å². The molecule has 0 saturated heterocycles. The Morgan fingerprint density at radius 2 is 1.27 bits per heavy atom. The number of aryl methyl sites for hydroxylation is 2.